The zero-order chi connectivity index (χ0) is 14.8. The summed E-state index contributed by atoms with van der Waals surface area (Å²) in [6.07, 6.45) is 9.23. The fraction of sp³-hybridized carbons (Fsp3) is 0.824. The Morgan fingerprint density at radius 1 is 1.24 bits per heavy atom. The van der Waals surface area contributed by atoms with Crippen molar-refractivity contribution >= 4 is 16.5 Å². The molecule has 1 N–H and O–H groups in total. The van der Waals surface area contributed by atoms with Crippen LogP contribution in [0.2, 0.25) is 0 Å². The van der Waals surface area contributed by atoms with Crippen molar-refractivity contribution in [1.82, 2.24) is 10.3 Å². The topological polar surface area (TPSA) is 28.2 Å². The molecule has 0 bridgehead atoms. The second-order valence-electron chi connectivity index (χ2n) is 6.82. The van der Waals surface area contributed by atoms with Crippen molar-refractivity contribution in [3.05, 3.63) is 10.6 Å². The van der Waals surface area contributed by atoms with Crippen LogP contribution in [0.15, 0.2) is 0 Å². The van der Waals surface area contributed by atoms with Gasteiger partial charge in [0.1, 0.15) is 0 Å². The molecule has 1 heterocycles. The summed E-state index contributed by atoms with van der Waals surface area (Å²) in [4.78, 5) is 8.86. The lowest BCUT2D eigenvalue weighted by Gasteiger charge is -2.36. The second-order valence-corrected chi connectivity index (χ2v) is 7.88. The third-order valence-corrected chi connectivity index (χ3v) is 6.28. The highest BCUT2D eigenvalue weighted by atomic mass is 32.1. The van der Waals surface area contributed by atoms with Gasteiger partial charge in [0.25, 0.3) is 0 Å². The van der Waals surface area contributed by atoms with Crippen LogP contribution in [0.5, 0.6) is 0 Å². The van der Waals surface area contributed by atoms with Crippen molar-refractivity contribution in [3.8, 4) is 0 Å². The lowest BCUT2D eigenvalue weighted by molar-refractivity contribution is 0.321. The Bertz CT molecular complexity index is 467. The van der Waals surface area contributed by atoms with Crippen molar-refractivity contribution in [2.45, 2.75) is 77.4 Å². The molecule has 2 aliphatic carbocycles. The number of hydrogen-bond donors (Lipinski definition) is 1. The molecule has 0 amide bonds. The van der Waals surface area contributed by atoms with Crippen LogP contribution < -0.4 is 10.2 Å². The van der Waals surface area contributed by atoms with Crippen LogP contribution in [-0.2, 0) is 13.0 Å². The first-order valence-electron chi connectivity index (χ1n) is 8.63. The van der Waals surface area contributed by atoms with E-state index >= 15 is 0 Å². The Hall–Kier alpha value is -0.610. The minimum Gasteiger partial charge on any atom is -0.348 e. The summed E-state index contributed by atoms with van der Waals surface area (Å²) in [5, 5.41) is 4.87. The lowest BCUT2D eigenvalue weighted by Crippen LogP contribution is -2.38. The minimum absolute atomic E-state index is 0.679. The number of nitrogens with zero attached hydrogens (tertiary/aromatic N) is 2. The largest absolute Gasteiger partial charge is 0.348 e. The molecule has 3 nitrogen and oxygen atoms in total. The Balaban J connectivity index is 1.70. The van der Waals surface area contributed by atoms with Crippen molar-refractivity contribution in [3.63, 3.8) is 0 Å². The van der Waals surface area contributed by atoms with Gasteiger partial charge in [-0.25, -0.2) is 4.98 Å². The lowest BCUT2D eigenvalue weighted by atomic mass is 9.85. The number of anilines is 1. The Morgan fingerprint density at radius 2 is 2.00 bits per heavy atom. The monoisotopic (exact) mass is 307 g/mol. The molecule has 1 aromatic heterocycles. The number of aromatic nitrogens is 1. The number of thiazole rings is 1. The number of aryl methyl sites for hydroxylation is 1. The fourth-order valence-corrected chi connectivity index (χ4v) is 4.59. The van der Waals surface area contributed by atoms with E-state index < -0.39 is 0 Å². The first-order chi connectivity index (χ1) is 10.2. The van der Waals surface area contributed by atoms with Crippen molar-refractivity contribution < 1.29 is 0 Å². The van der Waals surface area contributed by atoms with E-state index in [4.69, 9.17) is 4.98 Å². The first kappa shape index (κ1) is 15.3. The number of hydrogen-bond acceptors (Lipinski definition) is 4. The Kier molecular flexibility index (Phi) is 4.85. The highest BCUT2D eigenvalue weighted by Crippen LogP contribution is 2.34. The Morgan fingerprint density at radius 3 is 2.67 bits per heavy atom. The molecule has 0 radical (unpaired) electrons. The molecule has 2 saturated carbocycles. The van der Waals surface area contributed by atoms with Crippen LogP contribution in [0.25, 0.3) is 0 Å². The van der Waals surface area contributed by atoms with Crippen LogP contribution in [-0.4, -0.2) is 24.1 Å². The van der Waals surface area contributed by atoms with Crippen LogP contribution in [0.3, 0.4) is 0 Å². The van der Waals surface area contributed by atoms with Crippen molar-refractivity contribution in [2.75, 3.05) is 11.9 Å². The third-order valence-electron chi connectivity index (χ3n) is 5.10. The standard InChI is InChI=1S/C17H29N3S/c1-4-14-16(11-18-13-9-10-13)21-17(19-14)20(3)15-8-6-5-7-12(15)2/h12-13,15,18H,4-11H2,1-3H3. The molecule has 0 spiro atoms. The molecule has 0 saturated heterocycles. The van der Waals surface area contributed by atoms with Gasteiger partial charge in [-0.3, -0.25) is 0 Å². The van der Waals surface area contributed by atoms with Crippen LogP contribution in [0.1, 0.15) is 62.9 Å². The summed E-state index contributed by atoms with van der Waals surface area (Å²) in [6, 6.07) is 1.45. The summed E-state index contributed by atoms with van der Waals surface area (Å²) >= 11 is 1.91. The van der Waals surface area contributed by atoms with Crippen LogP contribution in [0.4, 0.5) is 5.13 Å². The van der Waals surface area contributed by atoms with E-state index in [1.807, 2.05) is 11.3 Å². The normalized spacial score (nSPS) is 26.0. The molecule has 4 heteroatoms. The molecular formula is C17H29N3S. The maximum Gasteiger partial charge on any atom is 0.185 e. The van der Waals surface area contributed by atoms with E-state index in [0.29, 0.717) is 6.04 Å². The maximum atomic E-state index is 4.94. The summed E-state index contributed by atoms with van der Waals surface area (Å²) in [7, 11) is 2.25. The van der Waals surface area contributed by atoms with Crippen molar-refractivity contribution in [2.24, 2.45) is 5.92 Å². The average Bonchev–Trinajstić information content (AvgIpc) is 3.23. The van der Waals surface area contributed by atoms with Gasteiger partial charge >= 0.3 is 0 Å². The predicted octanol–water partition coefficient (Wildman–Crippen LogP) is 3.97. The summed E-state index contributed by atoms with van der Waals surface area (Å²) in [6.45, 7) is 5.65. The minimum atomic E-state index is 0.679. The highest BCUT2D eigenvalue weighted by molar-refractivity contribution is 7.15. The van der Waals surface area contributed by atoms with E-state index in [9.17, 15) is 0 Å². The Labute approximate surface area is 133 Å². The molecule has 118 valence electrons. The van der Waals surface area contributed by atoms with E-state index in [1.165, 1.54) is 54.2 Å². The number of rotatable bonds is 6. The van der Waals surface area contributed by atoms with E-state index in [1.54, 1.807) is 0 Å². The molecule has 21 heavy (non-hydrogen) atoms. The second kappa shape index (κ2) is 6.66. The molecular weight excluding hydrogens is 278 g/mol. The molecule has 0 aromatic carbocycles. The zero-order valence-electron chi connectivity index (χ0n) is 13.7. The van der Waals surface area contributed by atoms with Gasteiger partial charge in [-0.1, -0.05) is 26.7 Å². The average molecular weight is 308 g/mol. The maximum absolute atomic E-state index is 4.94. The van der Waals surface area contributed by atoms with Crippen molar-refractivity contribution in [1.29, 1.82) is 0 Å². The van der Waals surface area contributed by atoms with Gasteiger partial charge in [0.05, 0.1) is 5.69 Å². The quantitative estimate of drug-likeness (QED) is 0.862. The summed E-state index contributed by atoms with van der Waals surface area (Å²) < 4.78 is 0. The van der Waals surface area contributed by atoms with Crippen LogP contribution >= 0.6 is 11.3 Å². The van der Waals surface area contributed by atoms with Gasteiger partial charge in [-0.2, -0.15) is 0 Å². The third kappa shape index (κ3) is 3.59. The van der Waals surface area contributed by atoms with Gasteiger partial charge in [0.15, 0.2) is 5.13 Å². The highest BCUT2D eigenvalue weighted by Gasteiger charge is 2.27. The van der Waals surface area contributed by atoms with Gasteiger partial charge in [-0.15, -0.1) is 11.3 Å². The summed E-state index contributed by atoms with van der Waals surface area (Å²) in [5.74, 6) is 0.797. The van der Waals surface area contributed by atoms with E-state index in [2.05, 4.69) is 31.1 Å². The molecule has 0 aliphatic heterocycles. The predicted molar refractivity (Wildman–Crippen MR) is 91.2 cm³/mol. The van der Waals surface area contributed by atoms with Crippen LogP contribution in [0, 0.1) is 5.92 Å². The van der Waals surface area contributed by atoms with Gasteiger partial charge < -0.3 is 10.2 Å². The zero-order valence-corrected chi connectivity index (χ0v) is 14.5. The molecule has 2 unspecified atom stereocenters. The molecule has 2 aliphatic rings. The van der Waals surface area contributed by atoms with Gasteiger partial charge in [-0.05, 0) is 38.0 Å². The molecule has 1 aromatic rings. The van der Waals surface area contributed by atoms with E-state index in [-0.39, 0.29) is 0 Å². The smallest absolute Gasteiger partial charge is 0.185 e. The molecule has 2 fully saturated rings. The molecule has 3 rings (SSSR count). The van der Waals surface area contributed by atoms with Gasteiger partial charge in [0.2, 0.25) is 0 Å². The number of nitrogens with one attached hydrogen (secondary N) is 1. The fourth-order valence-electron chi connectivity index (χ4n) is 3.47. The summed E-state index contributed by atoms with van der Waals surface area (Å²) in [5.41, 5.74) is 1.30. The SMILES string of the molecule is CCc1nc(N(C)C2CCCCC2C)sc1CNC1CC1. The van der Waals surface area contributed by atoms with Gasteiger partial charge in [0, 0.05) is 30.6 Å². The first-order valence-corrected chi connectivity index (χ1v) is 9.45. The van der Waals surface area contributed by atoms with E-state index in [0.717, 1.165) is 24.9 Å². The molecule has 2 atom stereocenters.